The van der Waals surface area contributed by atoms with E-state index in [-0.39, 0.29) is 11.7 Å². The smallest absolute Gasteiger partial charge is 0.0967 e. The van der Waals surface area contributed by atoms with Gasteiger partial charge in [-0.1, -0.05) is 41.1 Å². The van der Waals surface area contributed by atoms with Crippen LogP contribution in [0.25, 0.3) is 0 Å². The molecule has 2 nitrogen and oxygen atoms in total. The number of halogens is 1. The molecule has 1 unspecified atom stereocenters. The quantitative estimate of drug-likeness (QED) is 0.890. The highest BCUT2D eigenvalue weighted by Gasteiger charge is 2.21. The SMILES string of the molecule is CCNCC(OC(C)(C)C)c1ccccc1Br. The minimum Gasteiger partial charge on any atom is -0.367 e. The van der Waals surface area contributed by atoms with Crippen LogP contribution in [-0.4, -0.2) is 18.7 Å². The van der Waals surface area contributed by atoms with Gasteiger partial charge in [0.1, 0.15) is 0 Å². The number of benzene rings is 1. The molecule has 0 aliphatic heterocycles. The van der Waals surface area contributed by atoms with Gasteiger partial charge >= 0.3 is 0 Å². The fraction of sp³-hybridized carbons (Fsp3) is 0.571. The molecule has 0 aromatic heterocycles. The van der Waals surface area contributed by atoms with E-state index in [1.54, 1.807) is 0 Å². The van der Waals surface area contributed by atoms with E-state index in [0.29, 0.717) is 0 Å². The monoisotopic (exact) mass is 299 g/mol. The topological polar surface area (TPSA) is 21.3 Å². The van der Waals surface area contributed by atoms with Gasteiger partial charge in [-0.2, -0.15) is 0 Å². The average Bonchev–Trinajstić information content (AvgIpc) is 2.23. The van der Waals surface area contributed by atoms with Crippen LogP contribution >= 0.6 is 15.9 Å². The molecule has 3 heteroatoms. The van der Waals surface area contributed by atoms with Crippen molar-refractivity contribution in [1.82, 2.24) is 5.32 Å². The molecule has 1 aromatic carbocycles. The van der Waals surface area contributed by atoms with Gasteiger partial charge in [0.25, 0.3) is 0 Å². The Morgan fingerprint density at radius 2 is 1.94 bits per heavy atom. The fourth-order valence-corrected chi connectivity index (χ4v) is 2.19. The van der Waals surface area contributed by atoms with E-state index in [9.17, 15) is 0 Å². The van der Waals surface area contributed by atoms with E-state index in [2.05, 4.69) is 61.1 Å². The van der Waals surface area contributed by atoms with Crippen LogP contribution in [0.15, 0.2) is 28.7 Å². The molecule has 1 atom stereocenters. The summed E-state index contributed by atoms with van der Waals surface area (Å²) in [5, 5.41) is 3.35. The van der Waals surface area contributed by atoms with Gasteiger partial charge in [-0.3, -0.25) is 0 Å². The molecule has 0 spiro atoms. The number of hydrogen-bond acceptors (Lipinski definition) is 2. The molecule has 0 saturated heterocycles. The zero-order valence-electron chi connectivity index (χ0n) is 11.1. The second-order valence-corrected chi connectivity index (χ2v) is 5.90. The predicted molar refractivity (Wildman–Crippen MR) is 76.3 cm³/mol. The Labute approximate surface area is 113 Å². The normalized spacial score (nSPS) is 13.7. The van der Waals surface area contributed by atoms with Gasteiger partial charge in [-0.25, -0.2) is 0 Å². The Bertz CT molecular complexity index is 346. The summed E-state index contributed by atoms with van der Waals surface area (Å²) in [6.45, 7) is 10.1. The molecule has 0 fully saturated rings. The highest BCUT2D eigenvalue weighted by molar-refractivity contribution is 9.10. The van der Waals surface area contributed by atoms with Gasteiger partial charge in [-0.05, 0) is 38.9 Å². The second kappa shape index (κ2) is 6.53. The number of hydrogen-bond donors (Lipinski definition) is 1. The number of likely N-dealkylation sites (N-methyl/N-ethyl adjacent to an activating group) is 1. The molecule has 1 N–H and O–H groups in total. The third-order valence-electron chi connectivity index (χ3n) is 2.33. The van der Waals surface area contributed by atoms with Crippen molar-refractivity contribution in [2.24, 2.45) is 0 Å². The first kappa shape index (κ1) is 14.7. The Morgan fingerprint density at radius 3 is 2.47 bits per heavy atom. The minimum absolute atomic E-state index is 0.0746. The largest absolute Gasteiger partial charge is 0.367 e. The van der Waals surface area contributed by atoms with E-state index in [1.165, 1.54) is 5.56 Å². The van der Waals surface area contributed by atoms with Crippen LogP contribution < -0.4 is 5.32 Å². The van der Waals surface area contributed by atoms with Crippen LogP contribution in [0.2, 0.25) is 0 Å². The van der Waals surface area contributed by atoms with E-state index in [0.717, 1.165) is 17.6 Å². The number of rotatable bonds is 5. The Hall–Kier alpha value is -0.380. The summed E-state index contributed by atoms with van der Waals surface area (Å²) in [6.07, 6.45) is 0.0746. The first-order valence-electron chi connectivity index (χ1n) is 6.07. The molecule has 17 heavy (non-hydrogen) atoms. The third kappa shape index (κ3) is 5.19. The van der Waals surface area contributed by atoms with E-state index in [1.807, 2.05) is 12.1 Å². The van der Waals surface area contributed by atoms with Crippen molar-refractivity contribution in [3.63, 3.8) is 0 Å². The second-order valence-electron chi connectivity index (χ2n) is 5.05. The van der Waals surface area contributed by atoms with Gasteiger partial charge in [0.2, 0.25) is 0 Å². The average molecular weight is 300 g/mol. The summed E-state index contributed by atoms with van der Waals surface area (Å²) in [6, 6.07) is 8.23. The first-order chi connectivity index (χ1) is 7.94. The van der Waals surface area contributed by atoms with Crippen molar-refractivity contribution in [2.75, 3.05) is 13.1 Å². The summed E-state index contributed by atoms with van der Waals surface area (Å²) >= 11 is 3.59. The van der Waals surface area contributed by atoms with Gasteiger partial charge < -0.3 is 10.1 Å². The maximum Gasteiger partial charge on any atom is 0.0967 e. The highest BCUT2D eigenvalue weighted by Crippen LogP contribution is 2.29. The number of nitrogens with one attached hydrogen (secondary N) is 1. The van der Waals surface area contributed by atoms with Crippen molar-refractivity contribution in [2.45, 2.75) is 39.4 Å². The Morgan fingerprint density at radius 1 is 1.29 bits per heavy atom. The lowest BCUT2D eigenvalue weighted by Crippen LogP contribution is -2.30. The molecular weight excluding hydrogens is 278 g/mol. The maximum absolute atomic E-state index is 6.11. The van der Waals surface area contributed by atoms with Crippen LogP contribution in [-0.2, 0) is 4.74 Å². The van der Waals surface area contributed by atoms with Gasteiger partial charge in [0.15, 0.2) is 0 Å². The van der Waals surface area contributed by atoms with Crippen molar-refractivity contribution in [3.05, 3.63) is 34.3 Å². The van der Waals surface area contributed by atoms with Crippen molar-refractivity contribution in [1.29, 1.82) is 0 Å². The maximum atomic E-state index is 6.11. The molecule has 96 valence electrons. The summed E-state index contributed by atoms with van der Waals surface area (Å²) in [7, 11) is 0. The summed E-state index contributed by atoms with van der Waals surface area (Å²) in [5.41, 5.74) is 1.05. The molecule has 0 amide bonds. The minimum atomic E-state index is -0.143. The molecule has 0 aliphatic carbocycles. The molecule has 0 radical (unpaired) electrons. The van der Waals surface area contributed by atoms with E-state index >= 15 is 0 Å². The molecular formula is C14H22BrNO. The van der Waals surface area contributed by atoms with Gasteiger partial charge in [0, 0.05) is 11.0 Å². The zero-order valence-corrected chi connectivity index (χ0v) is 12.7. The summed E-state index contributed by atoms with van der Waals surface area (Å²) < 4.78 is 7.22. The van der Waals surface area contributed by atoms with Crippen molar-refractivity contribution in [3.8, 4) is 0 Å². The Balaban J connectivity index is 2.86. The van der Waals surface area contributed by atoms with Gasteiger partial charge in [0.05, 0.1) is 11.7 Å². The zero-order chi connectivity index (χ0) is 12.9. The van der Waals surface area contributed by atoms with Gasteiger partial charge in [-0.15, -0.1) is 0 Å². The van der Waals surface area contributed by atoms with E-state index < -0.39 is 0 Å². The van der Waals surface area contributed by atoms with Crippen LogP contribution in [0.1, 0.15) is 39.4 Å². The fourth-order valence-electron chi connectivity index (χ4n) is 1.65. The standard InChI is InChI=1S/C14H22BrNO/c1-5-16-10-13(17-14(2,3)4)11-8-6-7-9-12(11)15/h6-9,13,16H,5,10H2,1-4H3. The third-order valence-corrected chi connectivity index (χ3v) is 3.05. The lowest BCUT2D eigenvalue weighted by Gasteiger charge is -2.28. The number of ether oxygens (including phenoxy) is 1. The lowest BCUT2D eigenvalue weighted by atomic mass is 10.1. The van der Waals surface area contributed by atoms with Crippen LogP contribution in [0.4, 0.5) is 0 Å². The summed E-state index contributed by atoms with van der Waals surface area (Å²) in [4.78, 5) is 0. The molecule has 1 rings (SSSR count). The molecule has 1 aromatic rings. The van der Waals surface area contributed by atoms with Crippen LogP contribution in [0.3, 0.4) is 0 Å². The Kier molecular flexibility index (Phi) is 5.63. The molecule has 0 saturated carbocycles. The molecule has 0 aliphatic rings. The molecule has 0 heterocycles. The highest BCUT2D eigenvalue weighted by atomic mass is 79.9. The lowest BCUT2D eigenvalue weighted by molar-refractivity contribution is -0.0607. The van der Waals surface area contributed by atoms with Crippen molar-refractivity contribution < 1.29 is 4.74 Å². The van der Waals surface area contributed by atoms with Crippen LogP contribution in [0.5, 0.6) is 0 Å². The predicted octanol–water partition coefficient (Wildman–Crippen LogP) is 3.91. The van der Waals surface area contributed by atoms with E-state index in [4.69, 9.17) is 4.74 Å². The molecule has 0 bridgehead atoms. The van der Waals surface area contributed by atoms with Crippen molar-refractivity contribution >= 4 is 15.9 Å². The van der Waals surface area contributed by atoms with Crippen LogP contribution in [0, 0.1) is 0 Å². The first-order valence-corrected chi connectivity index (χ1v) is 6.86. The summed E-state index contributed by atoms with van der Waals surface area (Å²) in [5.74, 6) is 0.